The van der Waals surface area contributed by atoms with Crippen LogP contribution in [0.1, 0.15) is 11.3 Å². The van der Waals surface area contributed by atoms with Crippen molar-refractivity contribution in [2.24, 2.45) is 0 Å². The second-order valence-electron chi connectivity index (χ2n) is 6.06. The standard InChI is InChI=1S/C20H14F3N5/c21-20(22,23)17-8-7-13(10-25-17)11-26-19-15-5-1-2-6-16(15)27-18(28-19)14-4-3-9-24-12-14/h1-10,12H,11H2,(H,26,27,28). The minimum Gasteiger partial charge on any atom is -0.365 e. The molecule has 4 rings (SSSR count). The number of hydrogen-bond donors (Lipinski definition) is 1. The van der Waals surface area contributed by atoms with E-state index in [4.69, 9.17) is 0 Å². The van der Waals surface area contributed by atoms with E-state index in [0.29, 0.717) is 17.2 Å². The van der Waals surface area contributed by atoms with Crippen molar-refractivity contribution < 1.29 is 13.2 Å². The second-order valence-corrected chi connectivity index (χ2v) is 6.06. The van der Waals surface area contributed by atoms with Gasteiger partial charge in [-0.25, -0.2) is 9.97 Å². The predicted octanol–water partition coefficient (Wildman–Crippen LogP) is 4.72. The number of pyridine rings is 2. The monoisotopic (exact) mass is 381 g/mol. The van der Waals surface area contributed by atoms with Crippen LogP contribution in [0.5, 0.6) is 0 Å². The van der Waals surface area contributed by atoms with Crippen molar-refractivity contribution in [3.8, 4) is 11.4 Å². The van der Waals surface area contributed by atoms with E-state index in [1.165, 1.54) is 12.3 Å². The third-order valence-corrected chi connectivity index (χ3v) is 4.10. The number of nitrogens with zero attached hydrogens (tertiary/aromatic N) is 4. The molecule has 0 saturated heterocycles. The van der Waals surface area contributed by atoms with E-state index >= 15 is 0 Å². The molecule has 140 valence electrons. The SMILES string of the molecule is FC(F)(F)c1ccc(CNc2nc(-c3cccnc3)nc3ccccc23)cn1. The van der Waals surface area contributed by atoms with Crippen LogP contribution >= 0.6 is 0 Å². The van der Waals surface area contributed by atoms with Gasteiger partial charge in [0.15, 0.2) is 5.82 Å². The van der Waals surface area contributed by atoms with Crippen LogP contribution in [0.3, 0.4) is 0 Å². The number of alkyl halides is 3. The predicted molar refractivity (Wildman–Crippen MR) is 99.3 cm³/mol. The van der Waals surface area contributed by atoms with Crippen LogP contribution in [0, 0.1) is 0 Å². The van der Waals surface area contributed by atoms with Crippen LogP contribution in [0.4, 0.5) is 19.0 Å². The number of rotatable bonds is 4. The van der Waals surface area contributed by atoms with Crippen LogP contribution in [0.15, 0.2) is 67.1 Å². The summed E-state index contributed by atoms with van der Waals surface area (Å²) in [5.74, 6) is 1.10. The Morgan fingerprint density at radius 1 is 0.893 bits per heavy atom. The van der Waals surface area contributed by atoms with Gasteiger partial charge in [0.05, 0.1) is 5.52 Å². The summed E-state index contributed by atoms with van der Waals surface area (Å²) >= 11 is 0. The maximum Gasteiger partial charge on any atom is 0.433 e. The molecule has 4 aromatic rings. The summed E-state index contributed by atoms with van der Waals surface area (Å²) in [6, 6.07) is 13.5. The molecule has 1 aromatic carbocycles. The molecule has 0 radical (unpaired) electrons. The third-order valence-electron chi connectivity index (χ3n) is 4.10. The lowest BCUT2D eigenvalue weighted by Gasteiger charge is -2.11. The summed E-state index contributed by atoms with van der Waals surface area (Å²) in [4.78, 5) is 16.7. The van der Waals surface area contributed by atoms with Gasteiger partial charge in [-0.1, -0.05) is 18.2 Å². The summed E-state index contributed by atoms with van der Waals surface area (Å²) in [6.45, 7) is 0.276. The van der Waals surface area contributed by atoms with Gasteiger partial charge in [0.25, 0.3) is 0 Å². The van der Waals surface area contributed by atoms with Gasteiger partial charge in [-0.2, -0.15) is 13.2 Å². The Hall–Kier alpha value is -3.55. The van der Waals surface area contributed by atoms with Gasteiger partial charge in [-0.05, 0) is 35.9 Å². The highest BCUT2D eigenvalue weighted by atomic mass is 19.4. The van der Waals surface area contributed by atoms with E-state index in [2.05, 4.69) is 25.3 Å². The quantitative estimate of drug-likeness (QED) is 0.554. The topological polar surface area (TPSA) is 63.6 Å². The number of nitrogens with one attached hydrogen (secondary N) is 1. The van der Waals surface area contributed by atoms with Crippen molar-refractivity contribution in [3.05, 3.63) is 78.4 Å². The molecular formula is C20H14F3N5. The number of fused-ring (bicyclic) bond motifs is 1. The van der Waals surface area contributed by atoms with Crippen LogP contribution < -0.4 is 5.32 Å². The first-order valence-electron chi connectivity index (χ1n) is 8.44. The van der Waals surface area contributed by atoms with E-state index in [0.717, 1.165) is 22.5 Å². The zero-order chi connectivity index (χ0) is 19.6. The number of anilines is 1. The Labute approximate surface area is 158 Å². The third kappa shape index (κ3) is 3.75. The summed E-state index contributed by atoms with van der Waals surface area (Å²) in [7, 11) is 0. The lowest BCUT2D eigenvalue weighted by Crippen LogP contribution is -2.09. The smallest absolute Gasteiger partial charge is 0.365 e. The molecule has 0 aliphatic rings. The lowest BCUT2D eigenvalue weighted by atomic mass is 10.2. The van der Waals surface area contributed by atoms with E-state index in [1.807, 2.05) is 30.3 Å². The van der Waals surface area contributed by atoms with Crippen molar-refractivity contribution >= 4 is 16.7 Å². The molecule has 0 saturated carbocycles. The minimum absolute atomic E-state index is 0.276. The fourth-order valence-corrected chi connectivity index (χ4v) is 2.72. The first-order valence-corrected chi connectivity index (χ1v) is 8.44. The lowest BCUT2D eigenvalue weighted by molar-refractivity contribution is -0.141. The zero-order valence-electron chi connectivity index (χ0n) is 14.5. The Bertz CT molecular complexity index is 1100. The van der Waals surface area contributed by atoms with Crippen LogP contribution in [0.2, 0.25) is 0 Å². The van der Waals surface area contributed by atoms with Crippen molar-refractivity contribution in [1.82, 2.24) is 19.9 Å². The molecule has 0 aliphatic carbocycles. The molecule has 3 aromatic heterocycles. The van der Waals surface area contributed by atoms with E-state index in [1.54, 1.807) is 18.5 Å². The maximum absolute atomic E-state index is 12.7. The molecule has 0 unspecified atom stereocenters. The molecule has 5 nitrogen and oxygen atoms in total. The normalized spacial score (nSPS) is 11.5. The molecule has 0 atom stereocenters. The van der Waals surface area contributed by atoms with Gasteiger partial charge in [0.2, 0.25) is 0 Å². The number of benzene rings is 1. The Balaban J connectivity index is 1.64. The number of para-hydroxylation sites is 1. The summed E-state index contributed by atoms with van der Waals surface area (Å²) in [6.07, 6.45) is 0.101. The zero-order valence-corrected chi connectivity index (χ0v) is 14.5. The van der Waals surface area contributed by atoms with Crippen LogP contribution in [-0.2, 0) is 12.7 Å². The second kappa shape index (κ2) is 7.22. The van der Waals surface area contributed by atoms with E-state index in [-0.39, 0.29) is 6.54 Å². The molecule has 0 aliphatic heterocycles. The van der Waals surface area contributed by atoms with Crippen molar-refractivity contribution in [1.29, 1.82) is 0 Å². The largest absolute Gasteiger partial charge is 0.433 e. The Kier molecular flexibility index (Phi) is 4.60. The van der Waals surface area contributed by atoms with Crippen molar-refractivity contribution in [3.63, 3.8) is 0 Å². The molecule has 0 amide bonds. The molecule has 28 heavy (non-hydrogen) atoms. The van der Waals surface area contributed by atoms with Crippen LogP contribution in [-0.4, -0.2) is 19.9 Å². The summed E-state index contributed by atoms with van der Waals surface area (Å²) in [5, 5.41) is 3.99. The van der Waals surface area contributed by atoms with E-state index < -0.39 is 11.9 Å². The minimum atomic E-state index is -4.45. The van der Waals surface area contributed by atoms with Crippen LogP contribution in [0.25, 0.3) is 22.3 Å². The summed E-state index contributed by atoms with van der Waals surface area (Å²) < 4.78 is 38.0. The molecule has 0 fully saturated rings. The van der Waals surface area contributed by atoms with Gasteiger partial charge < -0.3 is 5.32 Å². The molecule has 0 spiro atoms. The fourth-order valence-electron chi connectivity index (χ4n) is 2.72. The molecule has 8 heteroatoms. The first kappa shape index (κ1) is 17.8. The average molecular weight is 381 g/mol. The van der Waals surface area contributed by atoms with Gasteiger partial charge in [-0.15, -0.1) is 0 Å². The highest BCUT2D eigenvalue weighted by Gasteiger charge is 2.31. The molecular weight excluding hydrogens is 367 g/mol. The van der Waals surface area contributed by atoms with E-state index in [9.17, 15) is 13.2 Å². The number of hydrogen-bond acceptors (Lipinski definition) is 5. The maximum atomic E-state index is 12.7. The summed E-state index contributed by atoms with van der Waals surface area (Å²) in [5.41, 5.74) is 1.22. The number of halogens is 3. The Morgan fingerprint density at radius 3 is 2.46 bits per heavy atom. The fraction of sp³-hybridized carbons (Fsp3) is 0.100. The van der Waals surface area contributed by atoms with Gasteiger partial charge in [-0.3, -0.25) is 9.97 Å². The molecule has 3 heterocycles. The average Bonchev–Trinajstić information content (AvgIpc) is 2.72. The Morgan fingerprint density at radius 2 is 1.75 bits per heavy atom. The molecule has 0 bridgehead atoms. The van der Waals surface area contributed by atoms with Gasteiger partial charge in [0, 0.05) is 36.1 Å². The highest BCUT2D eigenvalue weighted by Crippen LogP contribution is 2.28. The van der Waals surface area contributed by atoms with Crippen molar-refractivity contribution in [2.75, 3.05) is 5.32 Å². The van der Waals surface area contributed by atoms with Gasteiger partial charge >= 0.3 is 6.18 Å². The van der Waals surface area contributed by atoms with Crippen molar-refractivity contribution in [2.45, 2.75) is 12.7 Å². The first-order chi connectivity index (χ1) is 13.5. The van der Waals surface area contributed by atoms with Gasteiger partial charge in [0.1, 0.15) is 11.5 Å². The number of aromatic nitrogens is 4. The highest BCUT2D eigenvalue weighted by molar-refractivity contribution is 5.90. The molecule has 1 N–H and O–H groups in total.